The minimum atomic E-state index is -0.328. The molecule has 94 valence electrons. The molecule has 0 fully saturated rings. The first-order valence-corrected chi connectivity index (χ1v) is 5.93. The van der Waals surface area contributed by atoms with Crippen LogP contribution in [-0.4, -0.2) is 6.03 Å². The van der Waals surface area contributed by atoms with E-state index in [1.807, 2.05) is 54.6 Å². The number of benzene rings is 2. The van der Waals surface area contributed by atoms with Crippen LogP contribution in [0.4, 0.5) is 16.4 Å². The minimum absolute atomic E-state index is 0.328. The molecular formula is C15H12N2O2. The first-order chi connectivity index (χ1) is 9.31. The Morgan fingerprint density at radius 3 is 2.42 bits per heavy atom. The number of rotatable bonds is 2. The molecule has 0 aliphatic rings. The molecule has 19 heavy (non-hydrogen) atoms. The number of hydrogen-bond acceptors (Lipinski definition) is 2. The molecule has 2 aromatic carbocycles. The van der Waals surface area contributed by atoms with E-state index in [1.54, 1.807) is 6.07 Å². The van der Waals surface area contributed by atoms with Gasteiger partial charge in [0.1, 0.15) is 5.58 Å². The molecule has 0 saturated carbocycles. The highest BCUT2D eigenvalue weighted by molar-refractivity contribution is 6.00. The predicted octanol–water partition coefficient (Wildman–Crippen LogP) is 4.08. The van der Waals surface area contributed by atoms with Crippen LogP contribution in [0.15, 0.2) is 65.1 Å². The van der Waals surface area contributed by atoms with Crippen LogP contribution in [0.2, 0.25) is 0 Å². The smallest absolute Gasteiger partial charge is 0.326 e. The maximum absolute atomic E-state index is 11.8. The van der Waals surface area contributed by atoms with Crippen molar-refractivity contribution in [3.8, 4) is 0 Å². The van der Waals surface area contributed by atoms with Gasteiger partial charge in [0, 0.05) is 17.1 Å². The summed E-state index contributed by atoms with van der Waals surface area (Å²) >= 11 is 0. The average molecular weight is 252 g/mol. The van der Waals surface area contributed by atoms with Crippen LogP contribution in [0.5, 0.6) is 0 Å². The van der Waals surface area contributed by atoms with Gasteiger partial charge in [-0.2, -0.15) is 0 Å². The Bertz CT molecular complexity index is 671. The molecule has 0 atom stereocenters. The van der Waals surface area contributed by atoms with Crippen molar-refractivity contribution in [3.63, 3.8) is 0 Å². The van der Waals surface area contributed by atoms with Crippen LogP contribution in [0, 0.1) is 0 Å². The highest BCUT2D eigenvalue weighted by atomic mass is 16.4. The molecule has 1 heterocycles. The summed E-state index contributed by atoms with van der Waals surface area (Å²) in [6.07, 6.45) is 0. The first kappa shape index (κ1) is 11.3. The van der Waals surface area contributed by atoms with Gasteiger partial charge in [-0.25, -0.2) is 4.79 Å². The molecule has 0 aliphatic carbocycles. The van der Waals surface area contributed by atoms with Gasteiger partial charge in [-0.15, -0.1) is 0 Å². The second-order valence-electron chi connectivity index (χ2n) is 4.09. The number of fused-ring (bicyclic) bond motifs is 1. The van der Waals surface area contributed by atoms with Gasteiger partial charge in [-0.3, -0.25) is 5.32 Å². The molecule has 4 nitrogen and oxygen atoms in total. The van der Waals surface area contributed by atoms with E-state index in [-0.39, 0.29) is 6.03 Å². The third-order valence-electron chi connectivity index (χ3n) is 2.69. The Kier molecular flexibility index (Phi) is 2.90. The fourth-order valence-electron chi connectivity index (χ4n) is 1.84. The number of carbonyl (C=O) groups is 1. The Labute approximate surface area is 110 Å². The molecule has 4 heteroatoms. The van der Waals surface area contributed by atoms with E-state index >= 15 is 0 Å². The molecule has 0 saturated heterocycles. The highest BCUT2D eigenvalue weighted by Crippen LogP contribution is 2.22. The zero-order valence-electron chi connectivity index (χ0n) is 10.1. The van der Waals surface area contributed by atoms with Gasteiger partial charge in [0.25, 0.3) is 0 Å². The topological polar surface area (TPSA) is 54.3 Å². The Morgan fingerprint density at radius 1 is 0.895 bits per heavy atom. The van der Waals surface area contributed by atoms with Crippen molar-refractivity contribution in [2.75, 3.05) is 10.6 Å². The van der Waals surface area contributed by atoms with Gasteiger partial charge in [-0.05, 0) is 18.2 Å². The number of anilines is 2. The summed E-state index contributed by atoms with van der Waals surface area (Å²) in [6.45, 7) is 0. The van der Waals surface area contributed by atoms with E-state index in [2.05, 4.69) is 10.6 Å². The lowest BCUT2D eigenvalue weighted by Crippen LogP contribution is -2.18. The summed E-state index contributed by atoms with van der Waals surface area (Å²) in [5.74, 6) is 0.426. The standard InChI is InChI=1S/C15H12N2O2/c18-15(16-12-7-2-1-3-8-12)17-14-10-11-6-4-5-9-13(11)19-14/h1-10H,(H2,16,17,18). The predicted molar refractivity (Wildman–Crippen MR) is 75.3 cm³/mol. The zero-order chi connectivity index (χ0) is 13.1. The van der Waals surface area contributed by atoms with Crippen LogP contribution >= 0.6 is 0 Å². The lowest BCUT2D eigenvalue weighted by molar-refractivity contribution is 0.261. The summed E-state index contributed by atoms with van der Waals surface area (Å²) in [7, 11) is 0. The maximum atomic E-state index is 11.8. The van der Waals surface area contributed by atoms with Gasteiger partial charge < -0.3 is 9.73 Å². The monoisotopic (exact) mass is 252 g/mol. The molecule has 1 aromatic heterocycles. The van der Waals surface area contributed by atoms with Gasteiger partial charge in [0.05, 0.1) is 0 Å². The fourth-order valence-corrected chi connectivity index (χ4v) is 1.84. The van der Waals surface area contributed by atoms with Crippen molar-refractivity contribution in [3.05, 3.63) is 60.7 Å². The van der Waals surface area contributed by atoms with E-state index in [1.165, 1.54) is 0 Å². The van der Waals surface area contributed by atoms with Gasteiger partial charge >= 0.3 is 6.03 Å². The third-order valence-corrected chi connectivity index (χ3v) is 2.69. The van der Waals surface area contributed by atoms with Gasteiger partial charge in [0.15, 0.2) is 0 Å². The Balaban J connectivity index is 1.72. The molecular weight excluding hydrogens is 240 g/mol. The number of para-hydroxylation sites is 2. The number of furan rings is 1. The van der Waals surface area contributed by atoms with E-state index in [0.29, 0.717) is 5.88 Å². The largest absolute Gasteiger partial charge is 0.440 e. The summed E-state index contributed by atoms with van der Waals surface area (Å²) in [6, 6.07) is 18.3. The number of amides is 2. The number of nitrogens with one attached hydrogen (secondary N) is 2. The Morgan fingerprint density at radius 2 is 1.63 bits per heavy atom. The summed E-state index contributed by atoms with van der Waals surface area (Å²) < 4.78 is 5.50. The second kappa shape index (κ2) is 4.86. The molecule has 0 aliphatic heterocycles. The normalized spacial score (nSPS) is 10.3. The van der Waals surface area contributed by atoms with Crippen molar-refractivity contribution in [1.29, 1.82) is 0 Å². The summed E-state index contributed by atoms with van der Waals surface area (Å²) in [5.41, 5.74) is 1.48. The molecule has 0 unspecified atom stereocenters. The number of hydrogen-bond donors (Lipinski definition) is 2. The van der Waals surface area contributed by atoms with Crippen molar-refractivity contribution in [2.24, 2.45) is 0 Å². The van der Waals surface area contributed by atoms with Crippen LogP contribution in [-0.2, 0) is 0 Å². The summed E-state index contributed by atoms with van der Waals surface area (Å²) in [4.78, 5) is 11.8. The lowest BCUT2D eigenvalue weighted by Gasteiger charge is -2.04. The van der Waals surface area contributed by atoms with Crippen LogP contribution in [0.3, 0.4) is 0 Å². The highest BCUT2D eigenvalue weighted by Gasteiger charge is 2.07. The average Bonchev–Trinajstić information content (AvgIpc) is 2.81. The minimum Gasteiger partial charge on any atom is -0.440 e. The molecule has 2 N–H and O–H groups in total. The van der Waals surface area contributed by atoms with Crippen LogP contribution in [0.25, 0.3) is 11.0 Å². The van der Waals surface area contributed by atoms with E-state index in [9.17, 15) is 4.79 Å². The molecule has 2 amide bonds. The van der Waals surface area contributed by atoms with Gasteiger partial charge in [-0.1, -0.05) is 36.4 Å². The van der Waals surface area contributed by atoms with Crippen LogP contribution in [0.1, 0.15) is 0 Å². The Hall–Kier alpha value is -2.75. The van der Waals surface area contributed by atoms with Crippen molar-refractivity contribution in [1.82, 2.24) is 0 Å². The first-order valence-electron chi connectivity index (χ1n) is 5.93. The molecule has 0 bridgehead atoms. The SMILES string of the molecule is O=C(Nc1ccccc1)Nc1cc2ccccc2o1. The fraction of sp³-hybridized carbons (Fsp3) is 0. The number of carbonyl (C=O) groups excluding carboxylic acids is 1. The molecule has 3 rings (SSSR count). The van der Waals surface area contributed by atoms with Crippen molar-refractivity contribution >= 4 is 28.6 Å². The molecule has 3 aromatic rings. The molecule has 0 spiro atoms. The lowest BCUT2D eigenvalue weighted by atomic mass is 10.3. The number of urea groups is 1. The van der Waals surface area contributed by atoms with Crippen LogP contribution < -0.4 is 10.6 Å². The van der Waals surface area contributed by atoms with Gasteiger partial charge in [0.2, 0.25) is 5.88 Å². The van der Waals surface area contributed by atoms with Crippen molar-refractivity contribution < 1.29 is 9.21 Å². The quantitative estimate of drug-likeness (QED) is 0.722. The van der Waals surface area contributed by atoms with E-state index < -0.39 is 0 Å². The second-order valence-corrected chi connectivity index (χ2v) is 4.09. The third kappa shape index (κ3) is 2.57. The zero-order valence-corrected chi connectivity index (χ0v) is 10.1. The maximum Gasteiger partial charge on any atom is 0.326 e. The van der Waals surface area contributed by atoms with Crippen molar-refractivity contribution in [2.45, 2.75) is 0 Å². The summed E-state index contributed by atoms with van der Waals surface area (Å²) in [5, 5.41) is 6.34. The van der Waals surface area contributed by atoms with E-state index in [4.69, 9.17) is 4.42 Å². The van der Waals surface area contributed by atoms with E-state index in [0.717, 1.165) is 16.7 Å². The molecule has 0 radical (unpaired) electrons.